The van der Waals surface area contributed by atoms with Gasteiger partial charge in [-0.3, -0.25) is 4.79 Å². The van der Waals surface area contributed by atoms with Gasteiger partial charge in [0.2, 0.25) is 5.91 Å². The first-order valence-electron chi connectivity index (χ1n) is 4.79. The molecule has 1 aliphatic heterocycles. The molecular formula is C10H11F2N3O. The standard InChI is InChI=1S/C10H11F2N3O/c11-6-2-8(14)9(3-7(6)12)15-4-5(13)1-10(15)16/h2-3,5H,1,4,13-14H2. The molecule has 1 aromatic carbocycles. The van der Waals surface area contributed by atoms with E-state index in [1.54, 1.807) is 0 Å². The highest BCUT2D eigenvalue weighted by molar-refractivity contribution is 5.98. The van der Waals surface area contributed by atoms with Crippen LogP contribution in [0.1, 0.15) is 6.42 Å². The van der Waals surface area contributed by atoms with E-state index in [1.165, 1.54) is 4.90 Å². The molecule has 1 heterocycles. The average molecular weight is 227 g/mol. The number of carbonyl (C=O) groups excluding carboxylic acids is 1. The van der Waals surface area contributed by atoms with Gasteiger partial charge in [0, 0.05) is 31.1 Å². The Bertz CT molecular complexity index is 450. The molecular weight excluding hydrogens is 216 g/mol. The Kier molecular flexibility index (Phi) is 2.51. The maximum Gasteiger partial charge on any atom is 0.228 e. The third-order valence-corrected chi connectivity index (χ3v) is 2.52. The van der Waals surface area contributed by atoms with Gasteiger partial charge >= 0.3 is 0 Å². The highest BCUT2D eigenvalue weighted by atomic mass is 19.2. The van der Waals surface area contributed by atoms with Crippen molar-refractivity contribution in [1.82, 2.24) is 0 Å². The molecule has 2 rings (SSSR count). The molecule has 1 saturated heterocycles. The second kappa shape index (κ2) is 3.71. The van der Waals surface area contributed by atoms with Crippen LogP contribution in [-0.2, 0) is 4.79 Å². The Morgan fingerprint density at radius 2 is 1.94 bits per heavy atom. The largest absolute Gasteiger partial charge is 0.397 e. The second-order valence-corrected chi connectivity index (χ2v) is 3.79. The van der Waals surface area contributed by atoms with Crippen LogP contribution in [0, 0.1) is 11.6 Å². The quantitative estimate of drug-likeness (QED) is 0.690. The highest BCUT2D eigenvalue weighted by Crippen LogP contribution is 2.29. The van der Waals surface area contributed by atoms with Crippen LogP contribution in [0.15, 0.2) is 12.1 Å². The predicted octanol–water partition coefficient (Wildman–Crippen LogP) is 0.611. The van der Waals surface area contributed by atoms with Crippen molar-refractivity contribution in [3.05, 3.63) is 23.8 Å². The molecule has 4 nitrogen and oxygen atoms in total. The van der Waals surface area contributed by atoms with Crippen LogP contribution in [0.25, 0.3) is 0 Å². The van der Waals surface area contributed by atoms with Crippen LogP contribution in [0.2, 0.25) is 0 Å². The Hall–Kier alpha value is -1.69. The lowest BCUT2D eigenvalue weighted by Crippen LogP contribution is -2.28. The number of halogens is 2. The zero-order valence-electron chi connectivity index (χ0n) is 8.41. The number of hydrogen-bond donors (Lipinski definition) is 2. The lowest BCUT2D eigenvalue weighted by molar-refractivity contribution is -0.117. The summed E-state index contributed by atoms with van der Waals surface area (Å²) < 4.78 is 25.9. The number of amides is 1. The first kappa shape index (κ1) is 10.8. The average Bonchev–Trinajstić information content (AvgIpc) is 2.51. The van der Waals surface area contributed by atoms with Gasteiger partial charge in [0.1, 0.15) is 0 Å². The van der Waals surface area contributed by atoms with Crippen LogP contribution in [0.4, 0.5) is 20.2 Å². The number of anilines is 2. The SMILES string of the molecule is Nc1cc(F)c(F)cc1N1CC(N)CC1=O. The van der Waals surface area contributed by atoms with Crippen molar-refractivity contribution in [2.75, 3.05) is 17.2 Å². The van der Waals surface area contributed by atoms with E-state index in [2.05, 4.69) is 0 Å². The van der Waals surface area contributed by atoms with Crippen LogP contribution < -0.4 is 16.4 Å². The molecule has 16 heavy (non-hydrogen) atoms. The molecule has 0 saturated carbocycles. The van der Waals surface area contributed by atoms with Crippen LogP contribution >= 0.6 is 0 Å². The van der Waals surface area contributed by atoms with E-state index in [0.717, 1.165) is 12.1 Å². The van der Waals surface area contributed by atoms with Crippen LogP contribution in [0.3, 0.4) is 0 Å². The van der Waals surface area contributed by atoms with E-state index < -0.39 is 11.6 Å². The summed E-state index contributed by atoms with van der Waals surface area (Å²) in [6.07, 6.45) is 0.193. The van der Waals surface area contributed by atoms with Gasteiger partial charge in [-0.15, -0.1) is 0 Å². The van der Waals surface area contributed by atoms with Gasteiger partial charge in [-0.2, -0.15) is 0 Å². The van der Waals surface area contributed by atoms with E-state index >= 15 is 0 Å². The summed E-state index contributed by atoms with van der Waals surface area (Å²) >= 11 is 0. The zero-order chi connectivity index (χ0) is 11.9. The summed E-state index contributed by atoms with van der Waals surface area (Å²) in [6.45, 7) is 0.272. The van der Waals surface area contributed by atoms with E-state index in [4.69, 9.17) is 11.5 Å². The van der Waals surface area contributed by atoms with Crippen molar-refractivity contribution in [3.63, 3.8) is 0 Å². The summed E-state index contributed by atoms with van der Waals surface area (Å²) in [7, 11) is 0. The topological polar surface area (TPSA) is 72.3 Å². The number of carbonyl (C=O) groups is 1. The Morgan fingerprint density at radius 1 is 1.31 bits per heavy atom. The zero-order valence-corrected chi connectivity index (χ0v) is 8.41. The van der Waals surface area contributed by atoms with Crippen molar-refractivity contribution in [2.24, 2.45) is 5.73 Å². The summed E-state index contributed by atoms with van der Waals surface area (Å²) in [5.74, 6) is -2.29. The second-order valence-electron chi connectivity index (χ2n) is 3.79. The number of nitrogen functional groups attached to an aromatic ring is 1. The molecule has 0 aromatic heterocycles. The lowest BCUT2D eigenvalue weighted by atomic mass is 10.2. The first-order chi connectivity index (χ1) is 7.49. The fraction of sp³-hybridized carbons (Fsp3) is 0.300. The van der Waals surface area contributed by atoms with Crippen molar-refractivity contribution >= 4 is 17.3 Å². The molecule has 0 radical (unpaired) electrons. The van der Waals surface area contributed by atoms with E-state index in [9.17, 15) is 13.6 Å². The van der Waals surface area contributed by atoms with Crippen LogP contribution in [0.5, 0.6) is 0 Å². The molecule has 1 aliphatic rings. The smallest absolute Gasteiger partial charge is 0.228 e. The van der Waals surface area contributed by atoms with E-state index in [1.807, 2.05) is 0 Å². The molecule has 1 amide bonds. The van der Waals surface area contributed by atoms with Gasteiger partial charge in [-0.1, -0.05) is 0 Å². The van der Waals surface area contributed by atoms with Gasteiger partial charge in [-0.25, -0.2) is 8.78 Å². The Morgan fingerprint density at radius 3 is 2.50 bits per heavy atom. The monoisotopic (exact) mass is 227 g/mol. The number of hydrogen-bond acceptors (Lipinski definition) is 3. The number of rotatable bonds is 1. The van der Waals surface area contributed by atoms with Crippen molar-refractivity contribution in [3.8, 4) is 0 Å². The molecule has 6 heteroatoms. The van der Waals surface area contributed by atoms with Crippen molar-refractivity contribution in [1.29, 1.82) is 0 Å². The molecule has 86 valence electrons. The predicted molar refractivity (Wildman–Crippen MR) is 55.7 cm³/mol. The number of benzene rings is 1. The molecule has 1 aromatic rings. The summed E-state index contributed by atoms with van der Waals surface area (Å²) in [4.78, 5) is 12.8. The number of nitrogens with two attached hydrogens (primary N) is 2. The maximum atomic E-state index is 13.0. The minimum atomic E-state index is -1.03. The fourth-order valence-corrected chi connectivity index (χ4v) is 1.75. The van der Waals surface area contributed by atoms with Gasteiger partial charge in [0.15, 0.2) is 11.6 Å². The number of nitrogens with zero attached hydrogens (tertiary/aromatic N) is 1. The lowest BCUT2D eigenvalue weighted by Gasteiger charge is -2.18. The minimum Gasteiger partial charge on any atom is -0.397 e. The van der Waals surface area contributed by atoms with Gasteiger partial charge in [-0.05, 0) is 0 Å². The normalized spacial score (nSPS) is 20.6. The van der Waals surface area contributed by atoms with Crippen LogP contribution in [-0.4, -0.2) is 18.5 Å². The summed E-state index contributed by atoms with van der Waals surface area (Å²) in [6, 6.07) is 1.49. The van der Waals surface area contributed by atoms with E-state index in [0.29, 0.717) is 0 Å². The Balaban J connectivity index is 2.41. The molecule has 4 N–H and O–H groups in total. The van der Waals surface area contributed by atoms with Crippen molar-refractivity contribution < 1.29 is 13.6 Å². The minimum absolute atomic E-state index is 0.0290. The summed E-state index contributed by atoms with van der Waals surface area (Å²) in [5.41, 5.74) is 11.3. The van der Waals surface area contributed by atoms with Gasteiger partial charge in [0.05, 0.1) is 11.4 Å². The highest BCUT2D eigenvalue weighted by Gasteiger charge is 2.29. The molecule has 1 atom stereocenters. The summed E-state index contributed by atoms with van der Waals surface area (Å²) in [5, 5.41) is 0. The van der Waals surface area contributed by atoms with Gasteiger partial charge in [0.25, 0.3) is 0 Å². The third kappa shape index (κ3) is 1.71. The molecule has 0 aliphatic carbocycles. The van der Waals surface area contributed by atoms with Crippen molar-refractivity contribution in [2.45, 2.75) is 12.5 Å². The first-order valence-corrected chi connectivity index (χ1v) is 4.79. The molecule has 1 unspecified atom stereocenters. The Labute approximate surface area is 90.8 Å². The van der Waals surface area contributed by atoms with E-state index in [-0.39, 0.29) is 36.3 Å². The molecule has 1 fully saturated rings. The fourth-order valence-electron chi connectivity index (χ4n) is 1.75. The third-order valence-electron chi connectivity index (χ3n) is 2.52. The molecule has 0 bridgehead atoms. The van der Waals surface area contributed by atoms with Gasteiger partial charge < -0.3 is 16.4 Å². The maximum absolute atomic E-state index is 13.0. The molecule has 0 spiro atoms.